The monoisotopic (exact) mass is 471 g/mol. The number of anilines is 1. The largest absolute Gasteiger partial charge is 0.326 e. The molecule has 2 N–H and O–H groups in total. The van der Waals surface area contributed by atoms with Crippen LogP contribution in [0.15, 0.2) is 71.8 Å². The van der Waals surface area contributed by atoms with Gasteiger partial charge in [0.1, 0.15) is 0 Å². The van der Waals surface area contributed by atoms with Gasteiger partial charge in [-0.1, -0.05) is 42.5 Å². The number of nitrogens with zero attached hydrogens (tertiary/aromatic N) is 1. The molecule has 0 fully saturated rings. The van der Waals surface area contributed by atoms with Gasteiger partial charge in [0, 0.05) is 20.5 Å². The first kappa shape index (κ1) is 19.0. The SMILES string of the molecule is C/C(CC(=O)Nc1cccc(I)c1)=N/NC(=O)c1cccc2ccccc12. The van der Waals surface area contributed by atoms with Crippen LogP contribution in [0, 0.1) is 3.57 Å². The Morgan fingerprint density at radius 3 is 2.56 bits per heavy atom. The Kier molecular flexibility index (Phi) is 6.18. The van der Waals surface area contributed by atoms with E-state index in [4.69, 9.17) is 0 Å². The summed E-state index contributed by atoms with van der Waals surface area (Å²) in [4.78, 5) is 24.6. The molecule has 3 aromatic carbocycles. The van der Waals surface area contributed by atoms with Crippen molar-refractivity contribution in [2.24, 2.45) is 5.10 Å². The fraction of sp³-hybridized carbons (Fsp3) is 0.0952. The fourth-order valence-electron chi connectivity index (χ4n) is 2.67. The van der Waals surface area contributed by atoms with Crippen LogP contribution in [0.25, 0.3) is 10.8 Å². The zero-order valence-electron chi connectivity index (χ0n) is 14.7. The smallest absolute Gasteiger partial charge is 0.271 e. The fourth-order valence-corrected chi connectivity index (χ4v) is 3.22. The van der Waals surface area contributed by atoms with E-state index in [2.05, 4.69) is 38.4 Å². The molecule has 0 saturated carbocycles. The minimum absolute atomic E-state index is 0.0985. The molecule has 0 aliphatic rings. The van der Waals surface area contributed by atoms with Crippen molar-refractivity contribution >= 4 is 56.6 Å². The summed E-state index contributed by atoms with van der Waals surface area (Å²) in [5.74, 6) is -0.484. The molecule has 27 heavy (non-hydrogen) atoms. The van der Waals surface area contributed by atoms with Crippen molar-refractivity contribution in [1.29, 1.82) is 0 Å². The van der Waals surface area contributed by atoms with Crippen molar-refractivity contribution in [3.63, 3.8) is 0 Å². The maximum Gasteiger partial charge on any atom is 0.271 e. The third-order valence-corrected chi connectivity index (χ3v) is 4.58. The van der Waals surface area contributed by atoms with Crippen LogP contribution in [0.5, 0.6) is 0 Å². The molecule has 136 valence electrons. The molecule has 0 atom stereocenters. The number of hydrogen-bond acceptors (Lipinski definition) is 3. The highest BCUT2D eigenvalue weighted by molar-refractivity contribution is 14.1. The second kappa shape index (κ2) is 8.77. The molecule has 3 aromatic rings. The van der Waals surface area contributed by atoms with Gasteiger partial charge in [-0.25, -0.2) is 5.43 Å². The molecule has 0 aliphatic carbocycles. The predicted octanol–water partition coefficient (Wildman–Crippen LogP) is 4.58. The average molecular weight is 471 g/mol. The van der Waals surface area contributed by atoms with Gasteiger partial charge < -0.3 is 5.32 Å². The van der Waals surface area contributed by atoms with Gasteiger partial charge in [-0.15, -0.1) is 0 Å². The minimum Gasteiger partial charge on any atom is -0.326 e. The number of rotatable bonds is 5. The molecule has 0 heterocycles. The molecule has 0 saturated heterocycles. The van der Waals surface area contributed by atoms with Gasteiger partial charge in [0.05, 0.1) is 6.42 Å². The molecule has 0 aliphatic heterocycles. The van der Waals surface area contributed by atoms with Gasteiger partial charge in [0.25, 0.3) is 5.91 Å². The third-order valence-electron chi connectivity index (χ3n) is 3.91. The number of carbonyl (C=O) groups excluding carboxylic acids is 2. The lowest BCUT2D eigenvalue weighted by molar-refractivity contribution is -0.115. The molecule has 3 rings (SSSR count). The van der Waals surface area contributed by atoms with Crippen LogP contribution in [0.1, 0.15) is 23.7 Å². The maximum absolute atomic E-state index is 12.5. The van der Waals surface area contributed by atoms with Gasteiger partial charge in [0.2, 0.25) is 5.91 Å². The van der Waals surface area contributed by atoms with Crippen LogP contribution >= 0.6 is 22.6 Å². The van der Waals surface area contributed by atoms with Crippen molar-refractivity contribution < 1.29 is 9.59 Å². The van der Waals surface area contributed by atoms with E-state index >= 15 is 0 Å². The lowest BCUT2D eigenvalue weighted by atomic mass is 10.0. The molecule has 0 bridgehead atoms. The van der Waals surface area contributed by atoms with Crippen molar-refractivity contribution in [3.8, 4) is 0 Å². The Morgan fingerprint density at radius 2 is 1.74 bits per heavy atom. The first-order valence-corrected chi connectivity index (χ1v) is 9.47. The van der Waals surface area contributed by atoms with Crippen LogP contribution in [0.4, 0.5) is 5.69 Å². The molecule has 5 nitrogen and oxygen atoms in total. The summed E-state index contributed by atoms with van der Waals surface area (Å²) in [5.41, 5.74) is 4.34. The summed E-state index contributed by atoms with van der Waals surface area (Å²) in [5, 5.41) is 8.73. The minimum atomic E-state index is -0.302. The number of hydrogen-bond donors (Lipinski definition) is 2. The first-order chi connectivity index (χ1) is 13.0. The molecule has 0 radical (unpaired) electrons. The highest BCUT2D eigenvalue weighted by atomic mass is 127. The molecular formula is C21H18IN3O2. The second-order valence-corrected chi connectivity index (χ2v) is 7.30. The van der Waals surface area contributed by atoms with Gasteiger partial charge in [-0.05, 0) is 64.6 Å². The summed E-state index contributed by atoms with van der Waals surface area (Å²) < 4.78 is 1.04. The van der Waals surface area contributed by atoms with Crippen LogP contribution in [0.2, 0.25) is 0 Å². The molecule has 0 unspecified atom stereocenters. The highest BCUT2D eigenvalue weighted by Gasteiger charge is 2.10. The van der Waals surface area contributed by atoms with E-state index in [1.807, 2.05) is 60.7 Å². The van der Waals surface area contributed by atoms with Gasteiger partial charge in [0.15, 0.2) is 0 Å². The van der Waals surface area contributed by atoms with Crippen molar-refractivity contribution in [2.75, 3.05) is 5.32 Å². The van der Waals surface area contributed by atoms with Crippen LogP contribution in [-0.2, 0) is 4.79 Å². The normalized spacial score (nSPS) is 11.3. The van der Waals surface area contributed by atoms with Crippen LogP contribution in [-0.4, -0.2) is 17.5 Å². The zero-order chi connectivity index (χ0) is 19.2. The standard InChI is InChI=1S/C21H18IN3O2/c1-14(12-20(26)23-17-9-5-8-16(22)13-17)24-25-21(27)19-11-4-7-15-6-2-3-10-18(15)19/h2-11,13H,12H2,1H3,(H,23,26)(H,25,27)/b24-14-. The summed E-state index contributed by atoms with van der Waals surface area (Å²) in [6.07, 6.45) is 0.0985. The Bertz CT molecular complexity index is 1030. The predicted molar refractivity (Wildman–Crippen MR) is 117 cm³/mol. The summed E-state index contributed by atoms with van der Waals surface area (Å²) in [7, 11) is 0. The van der Waals surface area contributed by atoms with Crippen molar-refractivity contribution in [1.82, 2.24) is 5.43 Å². The van der Waals surface area contributed by atoms with Crippen molar-refractivity contribution in [2.45, 2.75) is 13.3 Å². The van der Waals surface area contributed by atoms with E-state index in [0.29, 0.717) is 11.3 Å². The van der Waals surface area contributed by atoms with E-state index in [9.17, 15) is 9.59 Å². The Labute approximate surface area is 171 Å². The lowest BCUT2D eigenvalue weighted by Gasteiger charge is -2.07. The Hall–Kier alpha value is -2.74. The Balaban J connectivity index is 1.62. The van der Waals surface area contributed by atoms with E-state index in [-0.39, 0.29) is 18.2 Å². The first-order valence-electron chi connectivity index (χ1n) is 8.39. The number of halogens is 1. The molecule has 2 amide bonds. The lowest BCUT2D eigenvalue weighted by Crippen LogP contribution is -2.21. The number of benzene rings is 3. The van der Waals surface area contributed by atoms with Crippen LogP contribution in [0.3, 0.4) is 0 Å². The number of carbonyl (C=O) groups is 2. The summed E-state index contributed by atoms with van der Waals surface area (Å²) in [6, 6.07) is 20.8. The Morgan fingerprint density at radius 1 is 1.00 bits per heavy atom. The van der Waals surface area contributed by atoms with Gasteiger partial charge in [-0.3, -0.25) is 9.59 Å². The maximum atomic E-state index is 12.5. The topological polar surface area (TPSA) is 70.6 Å². The highest BCUT2D eigenvalue weighted by Crippen LogP contribution is 2.18. The number of amides is 2. The molecular weight excluding hydrogens is 453 g/mol. The third kappa shape index (κ3) is 5.13. The zero-order valence-corrected chi connectivity index (χ0v) is 16.9. The van der Waals surface area contributed by atoms with Gasteiger partial charge in [-0.2, -0.15) is 5.10 Å². The van der Waals surface area contributed by atoms with E-state index in [1.165, 1.54) is 0 Å². The summed E-state index contributed by atoms with van der Waals surface area (Å²) in [6.45, 7) is 1.71. The van der Waals surface area contributed by atoms with E-state index in [1.54, 1.807) is 13.0 Å². The van der Waals surface area contributed by atoms with Gasteiger partial charge >= 0.3 is 0 Å². The quantitative estimate of drug-likeness (QED) is 0.325. The number of nitrogens with one attached hydrogen (secondary N) is 2. The molecule has 6 heteroatoms. The average Bonchev–Trinajstić information content (AvgIpc) is 2.65. The molecule has 0 aromatic heterocycles. The van der Waals surface area contributed by atoms with E-state index < -0.39 is 0 Å². The summed E-state index contributed by atoms with van der Waals surface area (Å²) >= 11 is 2.19. The number of fused-ring (bicyclic) bond motifs is 1. The van der Waals surface area contributed by atoms with Crippen molar-refractivity contribution in [3.05, 3.63) is 75.9 Å². The number of hydrazone groups is 1. The van der Waals surface area contributed by atoms with E-state index in [0.717, 1.165) is 20.0 Å². The van der Waals surface area contributed by atoms with Crippen LogP contribution < -0.4 is 10.7 Å². The second-order valence-electron chi connectivity index (χ2n) is 6.05. The molecule has 0 spiro atoms.